The van der Waals surface area contributed by atoms with Crippen molar-refractivity contribution in [3.05, 3.63) is 0 Å². The topological polar surface area (TPSA) is 38.8 Å². The number of likely N-dealkylation sites (tertiary alicyclic amines) is 1. The van der Waals surface area contributed by atoms with Gasteiger partial charge < -0.3 is 14.4 Å². The van der Waals surface area contributed by atoms with Gasteiger partial charge in [0.15, 0.2) is 0 Å². The lowest BCUT2D eigenvalue weighted by Crippen LogP contribution is -2.45. The van der Waals surface area contributed by atoms with Crippen molar-refractivity contribution in [1.29, 1.82) is 0 Å². The Hall–Kier alpha value is -1.21. The Bertz CT molecular complexity index is 380. The Balaban J connectivity index is 1.68. The molecular weight excluding hydrogens is 254 g/mol. The third-order valence-corrected chi connectivity index (χ3v) is 3.81. The van der Waals surface area contributed by atoms with Gasteiger partial charge in [-0.15, -0.1) is 12.3 Å². The second kappa shape index (κ2) is 6.05. The number of carbonyl (C=O) groups excluding carboxylic acids is 1. The van der Waals surface area contributed by atoms with Crippen LogP contribution in [0.4, 0.5) is 4.79 Å². The molecular formula is C16H25NO3. The highest BCUT2D eigenvalue weighted by atomic mass is 16.6. The van der Waals surface area contributed by atoms with Gasteiger partial charge in [-0.1, -0.05) is 0 Å². The minimum atomic E-state index is -0.430. The van der Waals surface area contributed by atoms with Gasteiger partial charge in [0, 0.05) is 19.0 Å². The molecule has 2 rings (SSSR count). The minimum Gasteiger partial charge on any atom is -0.444 e. The van der Waals surface area contributed by atoms with Gasteiger partial charge in [-0.2, -0.15) is 0 Å². The molecule has 0 unspecified atom stereocenters. The van der Waals surface area contributed by atoms with Crippen molar-refractivity contribution in [2.75, 3.05) is 13.1 Å². The van der Waals surface area contributed by atoms with Crippen LogP contribution < -0.4 is 0 Å². The maximum absolute atomic E-state index is 11.9. The molecule has 2 fully saturated rings. The molecule has 4 nitrogen and oxygen atoms in total. The van der Waals surface area contributed by atoms with Crippen LogP contribution in [0.15, 0.2) is 0 Å². The van der Waals surface area contributed by atoms with Gasteiger partial charge in [-0.05, 0) is 46.5 Å². The molecule has 0 N–H and O–H groups in total. The summed E-state index contributed by atoms with van der Waals surface area (Å²) in [7, 11) is 0. The van der Waals surface area contributed by atoms with Gasteiger partial charge in [0.05, 0.1) is 12.2 Å². The molecule has 2 aliphatic rings. The molecule has 0 bridgehead atoms. The van der Waals surface area contributed by atoms with E-state index in [0.29, 0.717) is 25.1 Å². The predicted molar refractivity (Wildman–Crippen MR) is 77.3 cm³/mol. The number of ether oxygens (including phenoxy) is 2. The number of amides is 1. The van der Waals surface area contributed by atoms with Gasteiger partial charge in [-0.3, -0.25) is 0 Å². The van der Waals surface area contributed by atoms with Gasteiger partial charge in [-0.25, -0.2) is 4.79 Å². The number of hydrogen-bond acceptors (Lipinski definition) is 3. The lowest BCUT2D eigenvalue weighted by atomic mass is 9.83. The van der Waals surface area contributed by atoms with Crippen LogP contribution in [0.1, 0.15) is 46.5 Å². The van der Waals surface area contributed by atoms with E-state index in [2.05, 4.69) is 5.92 Å². The van der Waals surface area contributed by atoms with Gasteiger partial charge in [0.2, 0.25) is 0 Å². The summed E-state index contributed by atoms with van der Waals surface area (Å²) in [5, 5.41) is 0. The standard InChI is InChI=1S/C16H25NO3/c1-5-12-10-14(11-12)19-13-6-8-17(9-7-13)15(18)20-16(2,3)4/h1,12-14H,6-11H2,2-4H3/t12-,14-. The summed E-state index contributed by atoms with van der Waals surface area (Å²) in [6.07, 6.45) is 9.49. The molecule has 0 atom stereocenters. The Kier molecular flexibility index (Phi) is 4.59. The number of hydrogen-bond donors (Lipinski definition) is 0. The Morgan fingerprint density at radius 3 is 2.30 bits per heavy atom. The van der Waals surface area contributed by atoms with Crippen LogP contribution in [0.25, 0.3) is 0 Å². The molecule has 0 aromatic heterocycles. The quantitative estimate of drug-likeness (QED) is 0.730. The summed E-state index contributed by atoms with van der Waals surface area (Å²) in [6, 6.07) is 0. The highest BCUT2D eigenvalue weighted by Crippen LogP contribution is 2.31. The van der Waals surface area contributed by atoms with Crippen LogP contribution in [0, 0.1) is 18.3 Å². The first-order valence-corrected chi connectivity index (χ1v) is 7.47. The summed E-state index contributed by atoms with van der Waals surface area (Å²) in [6.45, 7) is 7.09. The Morgan fingerprint density at radius 2 is 1.80 bits per heavy atom. The number of nitrogens with zero attached hydrogens (tertiary/aromatic N) is 1. The van der Waals surface area contributed by atoms with Gasteiger partial charge in [0.25, 0.3) is 0 Å². The first kappa shape index (κ1) is 15.2. The number of carbonyl (C=O) groups is 1. The lowest BCUT2D eigenvalue weighted by molar-refractivity contribution is -0.0848. The fourth-order valence-electron chi connectivity index (χ4n) is 2.59. The van der Waals surface area contributed by atoms with Crippen molar-refractivity contribution in [2.24, 2.45) is 5.92 Å². The molecule has 1 saturated carbocycles. The van der Waals surface area contributed by atoms with Crippen LogP contribution in [0.3, 0.4) is 0 Å². The highest BCUT2D eigenvalue weighted by molar-refractivity contribution is 5.68. The maximum Gasteiger partial charge on any atom is 0.410 e. The smallest absolute Gasteiger partial charge is 0.410 e. The van der Waals surface area contributed by atoms with E-state index >= 15 is 0 Å². The van der Waals surface area contributed by atoms with Crippen LogP contribution in [0.2, 0.25) is 0 Å². The third kappa shape index (κ3) is 4.14. The summed E-state index contributed by atoms with van der Waals surface area (Å²) < 4.78 is 11.4. The summed E-state index contributed by atoms with van der Waals surface area (Å²) in [4.78, 5) is 13.7. The largest absolute Gasteiger partial charge is 0.444 e. The van der Waals surface area contributed by atoms with Crippen molar-refractivity contribution >= 4 is 6.09 Å². The van der Waals surface area contributed by atoms with Crippen molar-refractivity contribution in [1.82, 2.24) is 4.90 Å². The zero-order valence-corrected chi connectivity index (χ0v) is 12.7. The van der Waals surface area contributed by atoms with Crippen LogP contribution in [-0.2, 0) is 9.47 Å². The van der Waals surface area contributed by atoms with Crippen LogP contribution >= 0.6 is 0 Å². The molecule has 4 heteroatoms. The summed E-state index contributed by atoms with van der Waals surface area (Å²) in [5.41, 5.74) is -0.430. The SMILES string of the molecule is C#C[C@H]1C[C@H](OC2CCN(C(=O)OC(C)(C)C)CC2)C1. The first-order chi connectivity index (χ1) is 9.37. The van der Waals surface area contributed by atoms with E-state index in [1.807, 2.05) is 20.8 Å². The number of rotatable bonds is 2. The van der Waals surface area contributed by atoms with Crippen molar-refractivity contribution in [3.63, 3.8) is 0 Å². The monoisotopic (exact) mass is 279 g/mol. The molecule has 1 aliphatic heterocycles. The van der Waals surface area contributed by atoms with E-state index in [1.54, 1.807) is 4.90 Å². The molecule has 112 valence electrons. The van der Waals surface area contributed by atoms with Crippen molar-refractivity contribution < 1.29 is 14.3 Å². The van der Waals surface area contributed by atoms with E-state index in [0.717, 1.165) is 25.7 Å². The lowest BCUT2D eigenvalue weighted by Gasteiger charge is -2.38. The zero-order valence-electron chi connectivity index (χ0n) is 12.7. The molecule has 0 aromatic carbocycles. The number of piperidine rings is 1. The van der Waals surface area contributed by atoms with E-state index in [9.17, 15) is 4.79 Å². The molecule has 0 spiro atoms. The van der Waals surface area contributed by atoms with Crippen LogP contribution in [0.5, 0.6) is 0 Å². The third-order valence-electron chi connectivity index (χ3n) is 3.81. The van der Waals surface area contributed by atoms with E-state index in [-0.39, 0.29) is 12.2 Å². The number of terminal acetylenes is 1. The second-order valence-electron chi connectivity index (χ2n) is 6.76. The fraction of sp³-hybridized carbons (Fsp3) is 0.812. The maximum atomic E-state index is 11.9. The Labute approximate surface area is 121 Å². The first-order valence-electron chi connectivity index (χ1n) is 7.47. The minimum absolute atomic E-state index is 0.216. The second-order valence-corrected chi connectivity index (χ2v) is 6.76. The molecule has 20 heavy (non-hydrogen) atoms. The highest BCUT2D eigenvalue weighted by Gasteiger charge is 2.33. The summed E-state index contributed by atoms with van der Waals surface area (Å²) in [5.74, 6) is 3.17. The normalized spacial score (nSPS) is 27.6. The van der Waals surface area contributed by atoms with Gasteiger partial charge >= 0.3 is 6.09 Å². The van der Waals surface area contributed by atoms with E-state index in [4.69, 9.17) is 15.9 Å². The Morgan fingerprint density at radius 1 is 1.20 bits per heavy atom. The zero-order chi connectivity index (χ0) is 14.8. The molecule has 0 radical (unpaired) electrons. The predicted octanol–water partition coefficient (Wildman–Crippen LogP) is 2.81. The van der Waals surface area contributed by atoms with E-state index in [1.165, 1.54) is 0 Å². The van der Waals surface area contributed by atoms with Crippen molar-refractivity contribution in [2.45, 2.75) is 64.3 Å². The fourth-order valence-corrected chi connectivity index (χ4v) is 2.59. The average molecular weight is 279 g/mol. The van der Waals surface area contributed by atoms with E-state index < -0.39 is 5.60 Å². The van der Waals surface area contributed by atoms with Gasteiger partial charge in [0.1, 0.15) is 5.60 Å². The van der Waals surface area contributed by atoms with Crippen LogP contribution in [-0.4, -0.2) is 41.9 Å². The summed E-state index contributed by atoms with van der Waals surface area (Å²) >= 11 is 0. The average Bonchev–Trinajstić information content (AvgIpc) is 2.31. The molecule has 1 aliphatic carbocycles. The molecule has 0 aromatic rings. The molecule has 1 saturated heterocycles. The van der Waals surface area contributed by atoms with Crippen molar-refractivity contribution in [3.8, 4) is 12.3 Å². The molecule has 1 amide bonds. The molecule has 1 heterocycles.